The topological polar surface area (TPSA) is 110 Å². The number of amides is 1. The molecule has 0 fully saturated rings. The minimum atomic E-state index is -1.14. The maximum atomic E-state index is 12.9. The molecular formula is C29H30ClNO6. The van der Waals surface area contributed by atoms with Crippen LogP contribution in [0.15, 0.2) is 50.2 Å². The Morgan fingerprint density at radius 2 is 1.73 bits per heavy atom. The largest absolute Gasteiger partial charge is 0.480 e. The number of hydrogen-bond donors (Lipinski definition) is 2. The Kier molecular flexibility index (Phi) is 7.20. The Hall–Kier alpha value is -3.58. The average Bonchev–Trinajstić information content (AvgIpc) is 3.26. The van der Waals surface area contributed by atoms with E-state index in [-0.39, 0.29) is 24.7 Å². The maximum absolute atomic E-state index is 12.9. The number of furan rings is 1. The minimum absolute atomic E-state index is 0.0539. The molecule has 0 aliphatic carbocycles. The molecule has 4 aromatic rings. The van der Waals surface area contributed by atoms with Crippen molar-refractivity contribution >= 4 is 45.4 Å². The number of carbonyl (C=O) groups excluding carboxylic acids is 1. The predicted molar refractivity (Wildman–Crippen MR) is 143 cm³/mol. The number of carbonyl (C=O) groups is 2. The Balaban J connectivity index is 1.58. The van der Waals surface area contributed by atoms with Crippen molar-refractivity contribution in [1.29, 1.82) is 0 Å². The average molecular weight is 524 g/mol. The van der Waals surface area contributed by atoms with Crippen molar-refractivity contribution in [2.45, 2.75) is 65.3 Å². The zero-order chi connectivity index (χ0) is 27.1. The molecule has 37 heavy (non-hydrogen) atoms. The molecule has 2 aromatic heterocycles. The van der Waals surface area contributed by atoms with Crippen LogP contribution in [0.25, 0.3) is 21.9 Å². The molecule has 2 N–H and O–H groups in total. The quantitative estimate of drug-likeness (QED) is 0.294. The number of nitrogens with one attached hydrogen (secondary N) is 1. The smallest absolute Gasteiger partial charge is 0.339 e. The lowest BCUT2D eigenvalue weighted by Crippen LogP contribution is -2.42. The Morgan fingerprint density at radius 1 is 1.05 bits per heavy atom. The van der Waals surface area contributed by atoms with Crippen LogP contribution in [-0.2, 0) is 27.8 Å². The Labute approximate surface area is 219 Å². The fourth-order valence-electron chi connectivity index (χ4n) is 4.63. The monoisotopic (exact) mass is 523 g/mol. The van der Waals surface area contributed by atoms with Gasteiger partial charge in [-0.2, -0.15) is 0 Å². The van der Waals surface area contributed by atoms with Crippen molar-refractivity contribution in [2.24, 2.45) is 0 Å². The van der Waals surface area contributed by atoms with E-state index in [0.29, 0.717) is 21.8 Å². The number of fused-ring (bicyclic) bond motifs is 2. The molecule has 0 radical (unpaired) electrons. The predicted octanol–water partition coefficient (Wildman–Crippen LogP) is 5.85. The number of rotatable bonds is 7. The van der Waals surface area contributed by atoms with Gasteiger partial charge in [-0.1, -0.05) is 44.5 Å². The van der Waals surface area contributed by atoms with E-state index in [1.807, 2.05) is 19.9 Å². The van der Waals surface area contributed by atoms with Gasteiger partial charge in [0.1, 0.15) is 17.2 Å². The molecular weight excluding hydrogens is 494 g/mol. The van der Waals surface area contributed by atoms with Crippen molar-refractivity contribution in [1.82, 2.24) is 5.32 Å². The molecule has 2 aromatic carbocycles. The van der Waals surface area contributed by atoms with E-state index in [1.54, 1.807) is 30.5 Å². The summed E-state index contributed by atoms with van der Waals surface area (Å²) in [6.45, 7) is 10.0. The lowest BCUT2D eigenvalue weighted by molar-refractivity contribution is -0.141. The third kappa shape index (κ3) is 5.42. The molecule has 7 nitrogen and oxygen atoms in total. The van der Waals surface area contributed by atoms with E-state index < -0.39 is 23.5 Å². The highest BCUT2D eigenvalue weighted by molar-refractivity contribution is 6.30. The summed E-state index contributed by atoms with van der Waals surface area (Å²) in [5.41, 5.74) is 4.17. The highest BCUT2D eigenvalue weighted by Crippen LogP contribution is 2.37. The molecule has 8 heteroatoms. The van der Waals surface area contributed by atoms with Crippen LogP contribution in [0.4, 0.5) is 0 Å². The number of carboxylic acids is 1. The van der Waals surface area contributed by atoms with E-state index in [0.717, 1.165) is 33.0 Å². The summed E-state index contributed by atoms with van der Waals surface area (Å²) in [4.78, 5) is 37.3. The van der Waals surface area contributed by atoms with Crippen molar-refractivity contribution in [2.75, 3.05) is 0 Å². The Morgan fingerprint density at radius 3 is 2.35 bits per heavy atom. The van der Waals surface area contributed by atoms with Gasteiger partial charge >= 0.3 is 11.6 Å². The number of halogens is 1. The van der Waals surface area contributed by atoms with E-state index >= 15 is 0 Å². The van der Waals surface area contributed by atoms with Gasteiger partial charge in [0.05, 0.1) is 6.26 Å². The van der Waals surface area contributed by atoms with Crippen molar-refractivity contribution < 1.29 is 23.5 Å². The van der Waals surface area contributed by atoms with Crippen LogP contribution < -0.4 is 10.9 Å². The van der Waals surface area contributed by atoms with E-state index in [4.69, 9.17) is 20.4 Å². The Bertz CT molecular complexity index is 1560. The second kappa shape index (κ2) is 10.1. The number of aliphatic carboxylic acids is 1. The van der Waals surface area contributed by atoms with Gasteiger partial charge in [0.2, 0.25) is 5.91 Å². The van der Waals surface area contributed by atoms with Crippen molar-refractivity contribution in [3.8, 4) is 0 Å². The second-order valence-corrected chi connectivity index (χ2v) is 10.9. The first-order chi connectivity index (χ1) is 17.4. The summed E-state index contributed by atoms with van der Waals surface area (Å²) in [7, 11) is 0. The summed E-state index contributed by atoms with van der Waals surface area (Å²) < 4.78 is 11.5. The number of benzene rings is 2. The summed E-state index contributed by atoms with van der Waals surface area (Å²) in [6, 6.07) is 7.66. The fraction of sp³-hybridized carbons (Fsp3) is 0.345. The highest BCUT2D eigenvalue weighted by atomic mass is 35.5. The molecule has 0 saturated carbocycles. The van der Waals surface area contributed by atoms with Crippen LogP contribution in [-0.4, -0.2) is 23.0 Å². The van der Waals surface area contributed by atoms with Crippen LogP contribution >= 0.6 is 11.6 Å². The van der Waals surface area contributed by atoms with E-state index in [9.17, 15) is 19.5 Å². The first-order valence-corrected chi connectivity index (χ1v) is 12.5. The molecule has 0 spiro atoms. The molecule has 1 amide bonds. The van der Waals surface area contributed by atoms with E-state index in [2.05, 4.69) is 26.1 Å². The highest BCUT2D eigenvalue weighted by Gasteiger charge is 2.24. The fourth-order valence-corrected chi connectivity index (χ4v) is 4.75. The summed E-state index contributed by atoms with van der Waals surface area (Å²) in [6.07, 6.45) is 1.93. The molecule has 1 unspecified atom stereocenters. The zero-order valence-electron chi connectivity index (χ0n) is 21.5. The zero-order valence-corrected chi connectivity index (χ0v) is 22.3. The second-order valence-electron chi connectivity index (χ2n) is 10.4. The third-order valence-corrected chi connectivity index (χ3v) is 6.99. The molecule has 0 saturated heterocycles. The van der Waals surface area contributed by atoms with Crippen LogP contribution in [0.5, 0.6) is 0 Å². The van der Waals surface area contributed by atoms with Gasteiger partial charge in [-0.25, -0.2) is 9.59 Å². The SMILES string of the molecule is Cc1c(CCC(=O)NC(Cc2ccc(Cl)cc2)C(=O)O)c(=O)oc2c(C)c3occ(C(C)(C)C)c3cc12. The van der Waals surface area contributed by atoms with Gasteiger partial charge < -0.3 is 19.3 Å². The lowest BCUT2D eigenvalue weighted by atomic mass is 9.86. The molecule has 0 bridgehead atoms. The van der Waals surface area contributed by atoms with Crippen LogP contribution in [0.1, 0.15) is 55.0 Å². The molecule has 0 aliphatic rings. The minimum Gasteiger partial charge on any atom is -0.480 e. The summed E-state index contributed by atoms with van der Waals surface area (Å²) in [5.74, 6) is -1.60. The lowest BCUT2D eigenvalue weighted by Gasteiger charge is -2.17. The first-order valence-electron chi connectivity index (χ1n) is 12.1. The number of carboxylic acid groups (broad SMARTS) is 1. The van der Waals surface area contributed by atoms with Gasteiger partial charge in [-0.3, -0.25) is 4.79 Å². The number of aryl methyl sites for hydroxylation is 2. The molecule has 2 heterocycles. The molecule has 1 atom stereocenters. The van der Waals surface area contributed by atoms with Gasteiger partial charge in [0, 0.05) is 45.3 Å². The third-order valence-electron chi connectivity index (χ3n) is 6.74. The standard InChI is InChI=1S/C29H30ClNO6/c1-15-19(10-11-24(32)31-23(27(33)34)12-17-6-8-18(30)9-7-17)28(35)37-26-16(2)25-21(13-20(15)26)22(14-36-25)29(3,4)5/h6-9,13-14,23H,10-12H2,1-5H3,(H,31,32)(H,33,34). The number of hydrogen-bond acceptors (Lipinski definition) is 5. The van der Waals surface area contributed by atoms with Crippen LogP contribution in [0, 0.1) is 13.8 Å². The van der Waals surface area contributed by atoms with Gasteiger partial charge in [-0.15, -0.1) is 0 Å². The van der Waals surface area contributed by atoms with Crippen LogP contribution in [0.2, 0.25) is 5.02 Å². The summed E-state index contributed by atoms with van der Waals surface area (Å²) >= 11 is 5.89. The molecule has 4 rings (SSSR count). The van der Waals surface area contributed by atoms with Crippen LogP contribution in [0.3, 0.4) is 0 Å². The van der Waals surface area contributed by atoms with Gasteiger partial charge in [0.25, 0.3) is 0 Å². The van der Waals surface area contributed by atoms with Gasteiger partial charge in [-0.05, 0) is 55.0 Å². The normalized spacial score (nSPS) is 12.7. The molecule has 0 aliphatic heterocycles. The molecule has 194 valence electrons. The van der Waals surface area contributed by atoms with Crippen molar-refractivity contribution in [3.05, 3.63) is 79.9 Å². The maximum Gasteiger partial charge on any atom is 0.339 e. The first kappa shape index (κ1) is 26.5. The van der Waals surface area contributed by atoms with E-state index in [1.165, 1.54) is 0 Å². The summed E-state index contributed by atoms with van der Waals surface area (Å²) in [5, 5.41) is 14.5. The van der Waals surface area contributed by atoms with Gasteiger partial charge in [0.15, 0.2) is 0 Å². The van der Waals surface area contributed by atoms with Crippen molar-refractivity contribution in [3.63, 3.8) is 0 Å².